The number of hydrogen-bond donors (Lipinski definition) is 0. The van der Waals surface area contributed by atoms with E-state index < -0.39 is 23.5 Å². The third-order valence-corrected chi connectivity index (χ3v) is 2.91. The van der Waals surface area contributed by atoms with Gasteiger partial charge in [-0.3, -0.25) is 0 Å². The van der Waals surface area contributed by atoms with E-state index in [1.807, 2.05) is 20.8 Å². The highest BCUT2D eigenvalue weighted by Crippen LogP contribution is 2.49. The Morgan fingerprint density at radius 3 is 2.64 bits per heavy atom. The van der Waals surface area contributed by atoms with Gasteiger partial charge in [0, 0.05) is 4.11 Å². The lowest BCUT2D eigenvalue weighted by atomic mass is 9.69. The summed E-state index contributed by atoms with van der Waals surface area (Å²) in [7, 11) is 0. The first-order valence-electron chi connectivity index (χ1n) is 5.82. The van der Waals surface area contributed by atoms with Gasteiger partial charge in [0.25, 0.3) is 0 Å². The molecule has 0 spiro atoms. The average molecular weight is 157 g/mol. The number of hydrogen-bond acceptors (Lipinski definition) is 1. The molecule has 0 aromatic carbocycles. The summed E-state index contributed by atoms with van der Waals surface area (Å²) in [6.45, 7) is 5.66. The Morgan fingerprint density at radius 2 is 2.18 bits per heavy atom. The fraction of sp³-hybridized carbons (Fsp3) is 1.00. The predicted molar refractivity (Wildman–Crippen MR) is 45.5 cm³/mol. The highest BCUT2D eigenvalue weighted by molar-refractivity contribution is 4.97. The second-order valence-corrected chi connectivity index (χ2v) is 4.30. The van der Waals surface area contributed by atoms with Crippen molar-refractivity contribution in [3.8, 4) is 0 Å². The monoisotopic (exact) mass is 157 g/mol. The Kier molecular flexibility index (Phi) is 0.886. The van der Waals surface area contributed by atoms with Crippen molar-refractivity contribution in [1.29, 1.82) is 0 Å². The van der Waals surface area contributed by atoms with Crippen molar-refractivity contribution >= 4 is 0 Å². The molecule has 1 heteroatoms. The summed E-state index contributed by atoms with van der Waals surface area (Å²) in [6.07, 6.45) is 0.342. The molecular formula is C10H18O. The molecule has 2 aliphatic heterocycles. The highest BCUT2D eigenvalue weighted by atomic mass is 16.5. The molecule has 2 bridgehead atoms. The predicted octanol–water partition coefficient (Wildman–Crippen LogP) is 2.74. The maximum Gasteiger partial charge on any atom is 0.0662 e. The molecule has 0 amide bonds. The van der Waals surface area contributed by atoms with Crippen LogP contribution in [0.4, 0.5) is 0 Å². The van der Waals surface area contributed by atoms with Gasteiger partial charge in [-0.25, -0.2) is 0 Å². The summed E-state index contributed by atoms with van der Waals surface area (Å²) in [4.78, 5) is 0. The van der Waals surface area contributed by atoms with E-state index in [0.29, 0.717) is 12.8 Å². The van der Waals surface area contributed by atoms with E-state index in [1.165, 1.54) is 0 Å². The fourth-order valence-corrected chi connectivity index (χ4v) is 2.10. The smallest absolute Gasteiger partial charge is 0.0662 e. The van der Waals surface area contributed by atoms with Crippen molar-refractivity contribution in [3.05, 3.63) is 0 Å². The molecule has 2 atom stereocenters. The van der Waals surface area contributed by atoms with Crippen LogP contribution in [0.25, 0.3) is 0 Å². The molecule has 3 fully saturated rings. The number of rotatable bonds is 0. The van der Waals surface area contributed by atoms with Crippen molar-refractivity contribution in [2.45, 2.75) is 57.6 Å². The molecule has 0 aromatic rings. The summed E-state index contributed by atoms with van der Waals surface area (Å²) >= 11 is 0. The van der Waals surface area contributed by atoms with Gasteiger partial charge < -0.3 is 4.74 Å². The van der Waals surface area contributed by atoms with E-state index in [9.17, 15) is 0 Å². The SMILES string of the molecule is [2H]C1([2H])CC2([2H])CCC1(C)OC2(C)C. The Labute approximate surface area is 73.3 Å². The molecule has 3 aliphatic rings. The Morgan fingerprint density at radius 1 is 1.45 bits per heavy atom. The van der Waals surface area contributed by atoms with Crippen molar-refractivity contribution in [2.75, 3.05) is 0 Å². The van der Waals surface area contributed by atoms with Gasteiger partial charge in [-0.15, -0.1) is 0 Å². The molecule has 1 aliphatic carbocycles. The molecule has 2 unspecified atom stereocenters. The Balaban J connectivity index is 2.43. The highest BCUT2D eigenvalue weighted by Gasteiger charge is 2.47. The first-order valence-corrected chi connectivity index (χ1v) is 4.32. The molecular weight excluding hydrogens is 136 g/mol. The molecule has 0 N–H and O–H groups in total. The van der Waals surface area contributed by atoms with Crippen LogP contribution in [0.1, 0.15) is 50.5 Å². The third-order valence-electron chi connectivity index (χ3n) is 2.91. The number of fused-ring (bicyclic) bond motifs is 3. The second-order valence-electron chi connectivity index (χ2n) is 4.30. The lowest BCUT2D eigenvalue weighted by Gasteiger charge is -2.54. The summed E-state index contributed by atoms with van der Waals surface area (Å²) < 4.78 is 30.0. The van der Waals surface area contributed by atoms with Gasteiger partial charge in [0.05, 0.1) is 11.2 Å². The molecule has 1 saturated carbocycles. The maximum atomic E-state index is 8.29. The standard InChI is InChI=1S/C10H18O/c1-9(2)8-4-6-10(3,11-9)7-5-8/h8H,4-7H2,1-3H3/i6D2,8D. The van der Waals surface area contributed by atoms with E-state index in [0.717, 1.165) is 6.42 Å². The van der Waals surface area contributed by atoms with Gasteiger partial charge in [0.15, 0.2) is 0 Å². The van der Waals surface area contributed by atoms with Crippen molar-refractivity contribution in [3.63, 3.8) is 0 Å². The fourth-order valence-electron chi connectivity index (χ4n) is 2.10. The van der Waals surface area contributed by atoms with Crippen LogP contribution in [-0.4, -0.2) is 11.2 Å². The minimum Gasteiger partial charge on any atom is -0.369 e. The molecule has 0 radical (unpaired) electrons. The van der Waals surface area contributed by atoms with Gasteiger partial charge in [0.1, 0.15) is 0 Å². The lowest BCUT2D eigenvalue weighted by molar-refractivity contribution is -0.229. The zero-order valence-corrected chi connectivity index (χ0v) is 7.53. The van der Waals surface area contributed by atoms with Crippen molar-refractivity contribution in [2.24, 2.45) is 5.89 Å². The van der Waals surface area contributed by atoms with Gasteiger partial charge in [-0.2, -0.15) is 0 Å². The zero-order chi connectivity index (χ0) is 10.8. The molecule has 64 valence electrons. The van der Waals surface area contributed by atoms with Crippen LogP contribution in [-0.2, 0) is 4.74 Å². The van der Waals surface area contributed by atoms with E-state index in [4.69, 9.17) is 8.85 Å². The van der Waals surface area contributed by atoms with Gasteiger partial charge in [-0.05, 0) is 52.3 Å². The number of ether oxygens (including phenoxy) is 1. The first-order chi connectivity index (χ1) is 6.12. The Bertz CT molecular complexity index is 249. The third kappa shape index (κ3) is 1.10. The molecule has 2 saturated heterocycles. The van der Waals surface area contributed by atoms with Crippen LogP contribution in [0.15, 0.2) is 0 Å². The molecule has 2 heterocycles. The van der Waals surface area contributed by atoms with E-state index in [-0.39, 0.29) is 0 Å². The topological polar surface area (TPSA) is 9.23 Å². The normalized spacial score (nSPS) is 63.0. The van der Waals surface area contributed by atoms with Crippen molar-refractivity contribution in [1.82, 2.24) is 0 Å². The molecule has 1 nitrogen and oxygen atoms in total. The average Bonchev–Trinajstić information content (AvgIpc) is 1.94. The Hall–Kier alpha value is -0.0400. The quantitative estimate of drug-likeness (QED) is 0.525. The van der Waals surface area contributed by atoms with Crippen LogP contribution in [0, 0.1) is 5.89 Å². The summed E-state index contributed by atoms with van der Waals surface area (Å²) in [5, 5.41) is 0. The largest absolute Gasteiger partial charge is 0.369 e. The van der Waals surface area contributed by atoms with E-state index in [2.05, 4.69) is 0 Å². The van der Waals surface area contributed by atoms with Crippen LogP contribution >= 0.6 is 0 Å². The van der Waals surface area contributed by atoms with Crippen LogP contribution in [0.3, 0.4) is 0 Å². The van der Waals surface area contributed by atoms with Crippen LogP contribution in [0.5, 0.6) is 0 Å². The molecule has 3 rings (SSSR count). The summed E-state index contributed by atoms with van der Waals surface area (Å²) in [5.74, 6) is -0.756. The van der Waals surface area contributed by atoms with Gasteiger partial charge in [-0.1, -0.05) is 0 Å². The lowest BCUT2D eigenvalue weighted by Crippen LogP contribution is -2.53. The van der Waals surface area contributed by atoms with E-state index in [1.54, 1.807) is 0 Å². The minimum absolute atomic E-state index is 0.295. The second kappa shape index (κ2) is 2.01. The van der Waals surface area contributed by atoms with Gasteiger partial charge in [0.2, 0.25) is 0 Å². The maximum absolute atomic E-state index is 8.29. The van der Waals surface area contributed by atoms with Gasteiger partial charge >= 0.3 is 0 Å². The molecule has 11 heavy (non-hydrogen) atoms. The van der Waals surface area contributed by atoms with E-state index >= 15 is 0 Å². The van der Waals surface area contributed by atoms with Crippen molar-refractivity contribution < 1.29 is 8.85 Å². The summed E-state index contributed by atoms with van der Waals surface area (Å²) in [5.41, 5.74) is -1.22. The minimum atomic E-state index is -1.36. The first kappa shape index (κ1) is 4.86. The molecule has 0 aromatic heterocycles. The summed E-state index contributed by atoms with van der Waals surface area (Å²) in [6, 6.07) is 0. The van der Waals surface area contributed by atoms with Crippen LogP contribution < -0.4 is 0 Å². The van der Waals surface area contributed by atoms with Crippen LogP contribution in [0.2, 0.25) is 0 Å². The zero-order valence-electron chi connectivity index (χ0n) is 10.5.